The number of hydrogen-bond acceptors (Lipinski definition) is 4. The van der Waals surface area contributed by atoms with Gasteiger partial charge in [0.15, 0.2) is 0 Å². The molecule has 2 rings (SSSR count). The number of hydrazine groups is 1. The molecule has 8 nitrogen and oxygen atoms in total. The largest absolute Gasteiger partial charge is 0.457 e. The van der Waals surface area contributed by atoms with Gasteiger partial charge in [-0.15, -0.1) is 0 Å². The predicted octanol–water partition coefficient (Wildman–Crippen LogP) is 1.75. The van der Waals surface area contributed by atoms with Gasteiger partial charge in [-0.1, -0.05) is 30.3 Å². The summed E-state index contributed by atoms with van der Waals surface area (Å²) in [5, 5.41) is 2.52. The summed E-state index contributed by atoms with van der Waals surface area (Å²) in [4.78, 5) is 34.1. The molecule has 0 radical (unpaired) electrons. The molecule has 4 amide bonds. The maximum Gasteiger partial charge on any atom is 0.312 e. The number of hydrogen-bond donors (Lipinski definition) is 4. The second-order valence-corrected chi connectivity index (χ2v) is 5.48. The van der Waals surface area contributed by atoms with Crippen LogP contribution in [0.2, 0.25) is 0 Å². The maximum absolute atomic E-state index is 11.9. The molecule has 136 valence electrons. The summed E-state index contributed by atoms with van der Waals surface area (Å²) in [6, 6.07) is 14.7. The number of rotatable bonds is 6. The van der Waals surface area contributed by atoms with Crippen LogP contribution in [-0.2, 0) is 9.59 Å². The highest BCUT2D eigenvalue weighted by Crippen LogP contribution is 2.25. The van der Waals surface area contributed by atoms with E-state index in [2.05, 4.69) is 16.2 Å². The van der Waals surface area contributed by atoms with Crippen LogP contribution in [0.4, 0.5) is 4.79 Å². The monoisotopic (exact) mass is 356 g/mol. The summed E-state index contributed by atoms with van der Waals surface area (Å²) in [6.45, 7) is 1.27. The van der Waals surface area contributed by atoms with Gasteiger partial charge in [0.25, 0.3) is 0 Å². The molecule has 0 aromatic heterocycles. The number of carbonyl (C=O) groups excluding carboxylic acids is 3. The van der Waals surface area contributed by atoms with E-state index >= 15 is 0 Å². The number of amides is 4. The maximum atomic E-state index is 11.9. The third-order valence-corrected chi connectivity index (χ3v) is 3.32. The highest BCUT2D eigenvalue weighted by molar-refractivity contribution is 5.82. The molecule has 5 N–H and O–H groups in total. The van der Waals surface area contributed by atoms with Gasteiger partial charge in [0, 0.05) is 6.92 Å². The molecular formula is C18H20N4O4. The van der Waals surface area contributed by atoms with E-state index in [4.69, 9.17) is 10.5 Å². The van der Waals surface area contributed by atoms with Crippen LogP contribution >= 0.6 is 0 Å². The van der Waals surface area contributed by atoms with E-state index in [0.29, 0.717) is 17.1 Å². The summed E-state index contributed by atoms with van der Waals surface area (Å²) in [5.74, 6) is 0.323. The standard InChI is InChI=1S/C18H20N4O4/c1-12(23)21-22-17(24)11-16(20-18(19)25)13-6-5-9-15(10-13)26-14-7-3-2-4-8-14/h2-10,16H,11H2,1H3,(H,21,23)(H,22,24)(H3,19,20,25). The first-order valence-corrected chi connectivity index (χ1v) is 7.88. The van der Waals surface area contributed by atoms with Gasteiger partial charge in [0.05, 0.1) is 12.5 Å². The molecule has 1 atom stereocenters. The van der Waals surface area contributed by atoms with Gasteiger partial charge < -0.3 is 15.8 Å². The molecule has 0 aliphatic heterocycles. The zero-order chi connectivity index (χ0) is 18.9. The van der Waals surface area contributed by atoms with Gasteiger partial charge in [-0.2, -0.15) is 0 Å². The summed E-state index contributed by atoms with van der Waals surface area (Å²) < 4.78 is 5.76. The number of ether oxygens (including phenoxy) is 1. The molecule has 0 fully saturated rings. The zero-order valence-electron chi connectivity index (χ0n) is 14.2. The van der Waals surface area contributed by atoms with Crippen LogP contribution in [0.15, 0.2) is 54.6 Å². The van der Waals surface area contributed by atoms with Crippen molar-refractivity contribution in [3.05, 3.63) is 60.2 Å². The van der Waals surface area contributed by atoms with Crippen molar-refractivity contribution in [2.24, 2.45) is 5.73 Å². The lowest BCUT2D eigenvalue weighted by molar-refractivity contribution is -0.128. The second kappa shape index (κ2) is 9.07. The smallest absolute Gasteiger partial charge is 0.312 e. The van der Waals surface area contributed by atoms with Crippen molar-refractivity contribution in [2.75, 3.05) is 0 Å². The van der Waals surface area contributed by atoms with Crippen LogP contribution in [0.5, 0.6) is 11.5 Å². The Hall–Kier alpha value is -3.55. The Balaban J connectivity index is 2.13. The lowest BCUT2D eigenvalue weighted by Crippen LogP contribution is -2.43. The van der Waals surface area contributed by atoms with Crippen molar-refractivity contribution in [3.8, 4) is 11.5 Å². The van der Waals surface area contributed by atoms with Crippen molar-refractivity contribution in [1.82, 2.24) is 16.2 Å². The zero-order valence-corrected chi connectivity index (χ0v) is 14.2. The molecule has 0 saturated heterocycles. The van der Waals surface area contributed by atoms with Gasteiger partial charge in [0.1, 0.15) is 11.5 Å². The second-order valence-electron chi connectivity index (χ2n) is 5.48. The van der Waals surface area contributed by atoms with E-state index in [9.17, 15) is 14.4 Å². The Morgan fingerprint density at radius 3 is 2.35 bits per heavy atom. The third-order valence-electron chi connectivity index (χ3n) is 3.32. The Labute approximate surface area is 150 Å². The Bertz CT molecular complexity index is 780. The van der Waals surface area contributed by atoms with E-state index in [0.717, 1.165) is 0 Å². The summed E-state index contributed by atoms with van der Waals surface area (Å²) in [5.41, 5.74) is 10.3. The fourth-order valence-electron chi connectivity index (χ4n) is 2.24. The highest BCUT2D eigenvalue weighted by Gasteiger charge is 2.18. The predicted molar refractivity (Wildman–Crippen MR) is 95.0 cm³/mol. The molecule has 8 heteroatoms. The van der Waals surface area contributed by atoms with Crippen molar-refractivity contribution < 1.29 is 19.1 Å². The van der Waals surface area contributed by atoms with Crippen molar-refractivity contribution in [1.29, 1.82) is 0 Å². The van der Waals surface area contributed by atoms with Crippen LogP contribution in [-0.4, -0.2) is 17.8 Å². The van der Waals surface area contributed by atoms with Gasteiger partial charge in [-0.3, -0.25) is 20.4 Å². The molecule has 0 heterocycles. The number of nitrogens with one attached hydrogen (secondary N) is 3. The molecule has 1 unspecified atom stereocenters. The summed E-state index contributed by atoms with van der Waals surface area (Å²) in [7, 11) is 0. The normalized spacial score (nSPS) is 11.1. The van der Waals surface area contributed by atoms with Gasteiger partial charge in [-0.25, -0.2) is 4.79 Å². The fourth-order valence-corrected chi connectivity index (χ4v) is 2.24. The third kappa shape index (κ3) is 6.16. The lowest BCUT2D eigenvalue weighted by Gasteiger charge is -2.18. The SMILES string of the molecule is CC(=O)NNC(=O)CC(NC(N)=O)c1cccc(Oc2ccccc2)c1. The fraction of sp³-hybridized carbons (Fsp3) is 0.167. The Morgan fingerprint density at radius 1 is 1.00 bits per heavy atom. The molecule has 26 heavy (non-hydrogen) atoms. The van der Waals surface area contributed by atoms with Crippen LogP contribution in [0.1, 0.15) is 24.9 Å². The van der Waals surface area contributed by atoms with Crippen molar-refractivity contribution in [2.45, 2.75) is 19.4 Å². The minimum atomic E-state index is -0.767. The van der Waals surface area contributed by atoms with Crippen LogP contribution < -0.4 is 26.6 Å². The Morgan fingerprint density at radius 2 is 1.69 bits per heavy atom. The number of para-hydroxylation sites is 1. The van der Waals surface area contributed by atoms with E-state index in [1.165, 1.54) is 6.92 Å². The highest BCUT2D eigenvalue weighted by atomic mass is 16.5. The van der Waals surface area contributed by atoms with Gasteiger partial charge in [-0.05, 0) is 29.8 Å². The topological polar surface area (TPSA) is 123 Å². The molecule has 0 aliphatic rings. The van der Waals surface area contributed by atoms with E-state index < -0.39 is 23.9 Å². The lowest BCUT2D eigenvalue weighted by atomic mass is 10.0. The van der Waals surface area contributed by atoms with Crippen molar-refractivity contribution >= 4 is 17.8 Å². The molecule has 0 bridgehead atoms. The molecular weight excluding hydrogens is 336 g/mol. The number of urea groups is 1. The molecule has 0 saturated carbocycles. The first-order valence-electron chi connectivity index (χ1n) is 7.88. The number of benzene rings is 2. The van der Waals surface area contributed by atoms with Crippen molar-refractivity contribution in [3.63, 3.8) is 0 Å². The van der Waals surface area contributed by atoms with E-state index in [1.807, 2.05) is 30.3 Å². The van der Waals surface area contributed by atoms with Gasteiger partial charge in [0.2, 0.25) is 11.8 Å². The van der Waals surface area contributed by atoms with Crippen LogP contribution in [0, 0.1) is 0 Å². The quantitative estimate of drug-likeness (QED) is 0.589. The van der Waals surface area contributed by atoms with Crippen LogP contribution in [0.3, 0.4) is 0 Å². The average Bonchev–Trinajstić information content (AvgIpc) is 2.60. The molecule has 2 aromatic carbocycles. The minimum absolute atomic E-state index is 0.113. The Kier molecular flexibility index (Phi) is 6.55. The molecule has 0 aliphatic carbocycles. The average molecular weight is 356 g/mol. The first kappa shape index (κ1) is 18.8. The molecule has 0 spiro atoms. The first-order chi connectivity index (χ1) is 12.4. The van der Waals surface area contributed by atoms with Crippen LogP contribution in [0.25, 0.3) is 0 Å². The minimum Gasteiger partial charge on any atom is -0.457 e. The summed E-state index contributed by atoms with van der Waals surface area (Å²) >= 11 is 0. The molecule has 2 aromatic rings. The number of primary amides is 1. The summed E-state index contributed by atoms with van der Waals surface area (Å²) in [6.07, 6.45) is -0.113. The van der Waals surface area contributed by atoms with E-state index in [1.54, 1.807) is 24.3 Å². The van der Waals surface area contributed by atoms with E-state index in [-0.39, 0.29) is 6.42 Å². The number of nitrogens with two attached hydrogens (primary N) is 1. The number of carbonyl (C=O) groups is 3. The van der Waals surface area contributed by atoms with Gasteiger partial charge >= 0.3 is 6.03 Å².